The minimum Gasteiger partial charge on any atom is -0.465 e. The summed E-state index contributed by atoms with van der Waals surface area (Å²) in [4.78, 5) is 30.6. The number of pyridine rings is 1. The number of aromatic nitrogens is 2. The van der Waals surface area contributed by atoms with Crippen molar-refractivity contribution in [3.05, 3.63) is 59.9 Å². The van der Waals surface area contributed by atoms with Crippen LogP contribution in [0, 0.1) is 0 Å². The third kappa shape index (κ3) is 5.66. The number of methoxy groups -OCH3 is 1. The van der Waals surface area contributed by atoms with Gasteiger partial charge in [0, 0.05) is 44.3 Å². The summed E-state index contributed by atoms with van der Waals surface area (Å²) >= 11 is 0. The van der Waals surface area contributed by atoms with Gasteiger partial charge in [0.25, 0.3) is 0 Å². The van der Waals surface area contributed by atoms with E-state index in [9.17, 15) is 9.59 Å². The normalized spacial score (nSPS) is 14.8. The summed E-state index contributed by atoms with van der Waals surface area (Å²) in [5, 5.41) is 2.95. The van der Waals surface area contributed by atoms with Gasteiger partial charge < -0.3 is 18.9 Å². The molecule has 1 saturated heterocycles. The summed E-state index contributed by atoms with van der Waals surface area (Å²) in [5.74, 6) is -0.339. The van der Waals surface area contributed by atoms with E-state index in [1.807, 2.05) is 50.3 Å². The second-order valence-electron chi connectivity index (χ2n) is 9.33. The molecule has 9 nitrogen and oxygen atoms in total. The number of hydrogen-bond donors (Lipinski definition) is 1. The predicted molar refractivity (Wildman–Crippen MR) is 130 cm³/mol. The number of amides is 1. The van der Waals surface area contributed by atoms with Gasteiger partial charge in [-0.15, -0.1) is 0 Å². The molecule has 1 aromatic carbocycles. The highest BCUT2D eigenvalue weighted by Gasteiger charge is 2.22. The predicted octanol–water partition coefficient (Wildman–Crippen LogP) is 3.43. The Kier molecular flexibility index (Phi) is 6.74. The molecule has 9 heteroatoms. The SMILES string of the molecule is COC(=O)c1ccc(Cn2ccc3cc(N4CCN(NC(=O)OC(C)(C)C)CC4)cnc32)cc1. The summed E-state index contributed by atoms with van der Waals surface area (Å²) in [6.07, 6.45) is 3.50. The molecule has 3 aromatic rings. The number of carbonyl (C=O) groups is 2. The minimum absolute atomic E-state index is 0.339. The molecule has 1 fully saturated rings. The lowest BCUT2D eigenvalue weighted by molar-refractivity contribution is 0.0320. The molecule has 180 valence electrons. The van der Waals surface area contributed by atoms with Crippen LogP contribution >= 0.6 is 0 Å². The van der Waals surface area contributed by atoms with Crippen molar-refractivity contribution in [2.45, 2.75) is 32.9 Å². The van der Waals surface area contributed by atoms with E-state index < -0.39 is 11.7 Å². The van der Waals surface area contributed by atoms with Gasteiger partial charge in [0.2, 0.25) is 0 Å². The van der Waals surface area contributed by atoms with Crippen LogP contribution in [0.5, 0.6) is 0 Å². The van der Waals surface area contributed by atoms with Crippen molar-refractivity contribution < 1.29 is 19.1 Å². The summed E-state index contributed by atoms with van der Waals surface area (Å²) in [6, 6.07) is 11.6. The molecule has 1 N–H and O–H groups in total. The van der Waals surface area contributed by atoms with Gasteiger partial charge in [-0.05, 0) is 50.6 Å². The highest BCUT2D eigenvalue weighted by molar-refractivity contribution is 5.89. The van der Waals surface area contributed by atoms with E-state index in [4.69, 9.17) is 14.5 Å². The molecule has 1 amide bonds. The first-order valence-electron chi connectivity index (χ1n) is 11.3. The number of benzene rings is 1. The van der Waals surface area contributed by atoms with E-state index in [2.05, 4.69) is 27.0 Å². The van der Waals surface area contributed by atoms with Gasteiger partial charge >= 0.3 is 12.1 Å². The average Bonchev–Trinajstić information content (AvgIpc) is 3.20. The fourth-order valence-corrected chi connectivity index (χ4v) is 3.93. The Labute approximate surface area is 199 Å². The quantitative estimate of drug-likeness (QED) is 0.578. The van der Waals surface area contributed by atoms with Crippen LogP contribution in [0.25, 0.3) is 11.0 Å². The van der Waals surface area contributed by atoms with Crippen LogP contribution in [-0.2, 0) is 16.0 Å². The van der Waals surface area contributed by atoms with Gasteiger partial charge in [0.15, 0.2) is 0 Å². The van der Waals surface area contributed by atoms with Crippen LogP contribution in [0.15, 0.2) is 48.8 Å². The Morgan fingerprint density at radius 1 is 1.06 bits per heavy atom. The van der Waals surface area contributed by atoms with Crippen molar-refractivity contribution in [2.75, 3.05) is 38.2 Å². The largest absolute Gasteiger partial charge is 0.465 e. The third-order valence-corrected chi connectivity index (χ3v) is 5.61. The number of nitrogens with one attached hydrogen (secondary N) is 1. The van der Waals surface area contributed by atoms with Gasteiger partial charge in [0.05, 0.1) is 24.6 Å². The van der Waals surface area contributed by atoms with E-state index in [1.165, 1.54) is 7.11 Å². The molecule has 0 radical (unpaired) electrons. The van der Waals surface area contributed by atoms with Gasteiger partial charge in [-0.2, -0.15) is 0 Å². The molecule has 0 bridgehead atoms. The average molecular weight is 466 g/mol. The fraction of sp³-hybridized carbons (Fsp3) is 0.400. The summed E-state index contributed by atoms with van der Waals surface area (Å²) in [5.41, 5.74) is 5.88. The second kappa shape index (κ2) is 9.72. The number of anilines is 1. The molecule has 0 atom stereocenters. The van der Waals surface area contributed by atoms with Gasteiger partial charge in [-0.1, -0.05) is 12.1 Å². The van der Waals surface area contributed by atoms with Crippen molar-refractivity contribution in [3.8, 4) is 0 Å². The minimum atomic E-state index is -0.518. The number of ether oxygens (including phenoxy) is 2. The Balaban J connectivity index is 1.37. The smallest absolute Gasteiger partial charge is 0.422 e. The first-order valence-corrected chi connectivity index (χ1v) is 11.3. The molecule has 1 aliphatic heterocycles. The first-order chi connectivity index (χ1) is 16.2. The van der Waals surface area contributed by atoms with Crippen LogP contribution in [0.4, 0.5) is 10.5 Å². The highest BCUT2D eigenvalue weighted by atomic mass is 16.6. The van der Waals surface area contributed by atoms with Crippen LogP contribution < -0.4 is 10.3 Å². The van der Waals surface area contributed by atoms with E-state index in [0.717, 1.165) is 35.4 Å². The van der Waals surface area contributed by atoms with Crippen molar-refractivity contribution in [1.29, 1.82) is 0 Å². The molecule has 0 unspecified atom stereocenters. The molecule has 0 saturated carbocycles. The lowest BCUT2D eigenvalue weighted by Crippen LogP contribution is -2.54. The number of rotatable bonds is 5. The topological polar surface area (TPSA) is 88.9 Å². The van der Waals surface area contributed by atoms with Crippen LogP contribution in [0.1, 0.15) is 36.7 Å². The molecule has 2 aromatic heterocycles. The zero-order chi connectivity index (χ0) is 24.3. The first kappa shape index (κ1) is 23.6. The summed E-state index contributed by atoms with van der Waals surface area (Å²) in [7, 11) is 1.38. The van der Waals surface area contributed by atoms with E-state index in [1.54, 1.807) is 12.1 Å². The Morgan fingerprint density at radius 3 is 2.41 bits per heavy atom. The molecular formula is C25H31N5O4. The monoisotopic (exact) mass is 465 g/mol. The number of hydrazine groups is 1. The third-order valence-electron chi connectivity index (χ3n) is 5.61. The fourth-order valence-electron chi connectivity index (χ4n) is 3.93. The lowest BCUT2D eigenvalue weighted by Gasteiger charge is -2.36. The van der Waals surface area contributed by atoms with E-state index >= 15 is 0 Å². The molecule has 0 spiro atoms. The number of hydrogen-bond acceptors (Lipinski definition) is 7. The van der Waals surface area contributed by atoms with E-state index in [0.29, 0.717) is 25.2 Å². The Hall–Kier alpha value is -3.59. The van der Waals surface area contributed by atoms with Crippen molar-refractivity contribution in [3.63, 3.8) is 0 Å². The van der Waals surface area contributed by atoms with Crippen LogP contribution in [0.3, 0.4) is 0 Å². The number of piperazine rings is 1. The maximum absolute atomic E-state index is 12.0. The molecule has 3 heterocycles. The number of nitrogens with zero attached hydrogens (tertiary/aromatic N) is 4. The zero-order valence-corrected chi connectivity index (χ0v) is 20.1. The molecule has 0 aliphatic carbocycles. The molecular weight excluding hydrogens is 434 g/mol. The maximum atomic E-state index is 12.0. The zero-order valence-electron chi connectivity index (χ0n) is 20.1. The molecule has 1 aliphatic rings. The lowest BCUT2D eigenvalue weighted by atomic mass is 10.1. The summed E-state index contributed by atoms with van der Waals surface area (Å²) < 4.78 is 12.2. The molecule has 4 rings (SSSR count). The Morgan fingerprint density at radius 2 is 1.76 bits per heavy atom. The van der Waals surface area contributed by atoms with Crippen molar-refractivity contribution in [2.24, 2.45) is 0 Å². The second-order valence-corrected chi connectivity index (χ2v) is 9.33. The standard InChI is InChI=1S/C25H31N5O4/c1-25(2,3)34-24(32)27-30-13-11-28(12-14-30)21-15-20-9-10-29(22(20)26-16-21)17-18-5-7-19(8-6-18)23(31)33-4/h5-10,15-16H,11-14,17H2,1-4H3,(H,27,32). The maximum Gasteiger partial charge on any atom is 0.422 e. The number of esters is 1. The van der Waals surface area contributed by atoms with Crippen LogP contribution in [0.2, 0.25) is 0 Å². The van der Waals surface area contributed by atoms with Gasteiger partial charge in [0.1, 0.15) is 11.2 Å². The van der Waals surface area contributed by atoms with Crippen molar-refractivity contribution in [1.82, 2.24) is 20.0 Å². The van der Waals surface area contributed by atoms with Crippen LogP contribution in [-0.4, -0.2) is 65.5 Å². The van der Waals surface area contributed by atoms with Gasteiger partial charge in [-0.3, -0.25) is 5.43 Å². The van der Waals surface area contributed by atoms with Gasteiger partial charge in [-0.25, -0.2) is 19.6 Å². The summed E-state index contributed by atoms with van der Waals surface area (Å²) in [6.45, 7) is 9.14. The van der Waals surface area contributed by atoms with Crippen molar-refractivity contribution >= 4 is 28.8 Å². The highest BCUT2D eigenvalue weighted by Crippen LogP contribution is 2.23. The number of carbonyl (C=O) groups excluding carboxylic acids is 2. The molecule has 34 heavy (non-hydrogen) atoms. The van der Waals surface area contributed by atoms with E-state index in [-0.39, 0.29) is 5.97 Å². The Bertz CT molecular complexity index is 1160. The number of fused-ring (bicyclic) bond motifs is 1.